The van der Waals surface area contributed by atoms with Crippen LogP contribution in [0, 0.1) is 12.3 Å². The van der Waals surface area contributed by atoms with Crippen LogP contribution in [0.15, 0.2) is 42.6 Å². The molecule has 0 spiro atoms. The Morgan fingerprint density at radius 1 is 1.15 bits per heavy atom. The van der Waals surface area contributed by atoms with Crippen LogP contribution < -0.4 is 19.5 Å². The lowest BCUT2D eigenvalue weighted by Gasteiger charge is -2.32. The van der Waals surface area contributed by atoms with Gasteiger partial charge in [-0.2, -0.15) is 0 Å². The number of rotatable bonds is 7. The molecule has 0 atom stereocenters. The van der Waals surface area contributed by atoms with E-state index in [0.29, 0.717) is 37.1 Å². The van der Waals surface area contributed by atoms with E-state index < -0.39 is 0 Å². The summed E-state index contributed by atoms with van der Waals surface area (Å²) in [4.78, 5) is 18.0. The molecule has 1 fully saturated rings. The second-order valence-electron chi connectivity index (χ2n) is 8.05. The summed E-state index contributed by atoms with van der Waals surface area (Å²) < 4.78 is 16.2. The number of terminal acetylenes is 1. The van der Waals surface area contributed by atoms with Crippen molar-refractivity contribution in [2.45, 2.75) is 25.3 Å². The molecular formula is C26H29N3O4. The minimum Gasteiger partial charge on any atom is -0.497 e. The second-order valence-corrected chi connectivity index (χ2v) is 8.05. The van der Waals surface area contributed by atoms with Crippen LogP contribution in [0.5, 0.6) is 17.2 Å². The largest absolute Gasteiger partial charge is 0.497 e. The molecule has 2 heterocycles. The first-order valence-electron chi connectivity index (χ1n) is 11.0. The quantitative estimate of drug-likeness (QED) is 0.530. The van der Waals surface area contributed by atoms with Gasteiger partial charge in [-0.1, -0.05) is 12.0 Å². The molecule has 7 heteroatoms. The Balaban J connectivity index is 1.33. The Morgan fingerprint density at radius 2 is 1.97 bits per heavy atom. The summed E-state index contributed by atoms with van der Waals surface area (Å²) >= 11 is 0. The average molecular weight is 448 g/mol. The van der Waals surface area contributed by atoms with Gasteiger partial charge in [0.2, 0.25) is 0 Å². The van der Waals surface area contributed by atoms with E-state index in [1.165, 1.54) is 10.9 Å². The lowest BCUT2D eigenvalue weighted by molar-refractivity contribution is 0.181. The number of nitrogens with one attached hydrogen (secondary N) is 2. The minimum atomic E-state index is -0.0593. The molecule has 2 amide bonds. The van der Waals surface area contributed by atoms with Gasteiger partial charge in [0.25, 0.3) is 0 Å². The number of ether oxygens (including phenoxy) is 3. The van der Waals surface area contributed by atoms with Crippen molar-refractivity contribution < 1.29 is 19.0 Å². The fraction of sp³-hybridized carbons (Fsp3) is 0.346. The molecular weight excluding hydrogens is 418 g/mol. The highest BCUT2D eigenvalue weighted by molar-refractivity contribution is 5.85. The number of likely N-dealkylation sites (tertiary alicyclic amines) is 1. The third kappa shape index (κ3) is 5.01. The topological polar surface area (TPSA) is 75.8 Å². The molecule has 0 radical (unpaired) electrons. The molecule has 1 aliphatic heterocycles. The summed E-state index contributed by atoms with van der Waals surface area (Å²) in [5.74, 6) is 4.89. The Bertz CT molecular complexity index is 1160. The van der Waals surface area contributed by atoms with Gasteiger partial charge in [0.15, 0.2) is 11.5 Å². The van der Waals surface area contributed by atoms with Crippen LogP contribution in [0.1, 0.15) is 29.9 Å². The third-order valence-electron chi connectivity index (χ3n) is 6.13. The van der Waals surface area contributed by atoms with Gasteiger partial charge >= 0.3 is 6.03 Å². The number of amides is 2. The molecule has 0 saturated carbocycles. The molecule has 1 aromatic heterocycles. The van der Waals surface area contributed by atoms with E-state index in [2.05, 4.69) is 28.5 Å². The van der Waals surface area contributed by atoms with Crippen molar-refractivity contribution in [2.24, 2.45) is 0 Å². The highest BCUT2D eigenvalue weighted by Gasteiger charge is 2.25. The van der Waals surface area contributed by atoms with Gasteiger partial charge in [0.1, 0.15) is 12.4 Å². The Kier molecular flexibility index (Phi) is 6.94. The molecule has 7 nitrogen and oxygen atoms in total. The fourth-order valence-electron chi connectivity index (χ4n) is 4.33. The van der Waals surface area contributed by atoms with Gasteiger partial charge in [-0.25, -0.2) is 4.79 Å². The van der Waals surface area contributed by atoms with Crippen LogP contribution in [0.25, 0.3) is 10.9 Å². The Morgan fingerprint density at radius 3 is 2.70 bits per heavy atom. The second kappa shape index (κ2) is 10.2. The normalized spacial score (nSPS) is 14.0. The van der Waals surface area contributed by atoms with Crippen molar-refractivity contribution in [3.63, 3.8) is 0 Å². The number of benzene rings is 2. The molecule has 1 saturated heterocycles. The van der Waals surface area contributed by atoms with E-state index in [-0.39, 0.29) is 12.6 Å². The molecule has 0 aliphatic carbocycles. The molecule has 2 N–H and O–H groups in total. The molecule has 2 aromatic carbocycles. The van der Waals surface area contributed by atoms with Gasteiger partial charge in [-0.05, 0) is 60.2 Å². The summed E-state index contributed by atoms with van der Waals surface area (Å²) in [5.41, 5.74) is 3.32. The lowest BCUT2D eigenvalue weighted by atomic mass is 9.89. The van der Waals surface area contributed by atoms with E-state index in [9.17, 15) is 4.79 Å². The number of carbonyl (C=O) groups is 1. The number of piperidine rings is 1. The van der Waals surface area contributed by atoms with Crippen molar-refractivity contribution >= 4 is 16.9 Å². The van der Waals surface area contributed by atoms with Crippen molar-refractivity contribution in [1.29, 1.82) is 0 Å². The highest BCUT2D eigenvalue weighted by atomic mass is 16.5. The maximum atomic E-state index is 12.8. The maximum absolute atomic E-state index is 12.8. The molecule has 4 rings (SSSR count). The first-order chi connectivity index (χ1) is 16.1. The number of fused-ring (bicyclic) bond motifs is 1. The van der Waals surface area contributed by atoms with Crippen LogP contribution in [-0.4, -0.2) is 49.8 Å². The maximum Gasteiger partial charge on any atom is 0.317 e. The highest BCUT2D eigenvalue weighted by Crippen LogP contribution is 2.34. The van der Waals surface area contributed by atoms with Crippen LogP contribution >= 0.6 is 0 Å². The number of nitrogens with zero attached hydrogens (tertiary/aromatic N) is 1. The first-order valence-corrected chi connectivity index (χ1v) is 11.0. The van der Waals surface area contributed by atoms with Gasteiger partial charge in [-0.15, -0.1) is 6.42 Å². The summed E-state index contributed by atoms with van der Waals surface area (Å²) in [6.45, 7) is 1.99. The van der Waals surface area contributed by atoms with E-state index in [0.717, 1.165) is 29.7 Å². The number of aromatic nitrogens is 1. The summed E-state index contributed by atoms with van der Waals surface area (Å²) in [7, 11) is 3.26. The average Bonchev–Trinajstić information content (AvgIpc) is 3.29. The molecule has 1 aliphatic rings. The predicted octanol–water partition coefficient (Wildman–Crippen LogP) is 4.29. The summed E-state index contributed by atoms with van der Waals surface area (Å²) in [6.07, 6.45) is 9.22. The lowest BCUT2D eigenvalue weighted by Crippen LogP contribution is -2.43. The SMILES string of the molecule is C#CCOc1cc(CNC(=O)N2CCC(c3c[nH]c4ccc(OC)cc34)CC2)ccc1OC. The Labute approximate surface area is 194 Å². The van der Waals surface area contributed by atoms with Gasteiger partial charge in [0.05, 0.1) is 14.2 Å². The number of hydrogen-bond donors (Lipinski definition) is 2. The Hall–Kier alpha value is -3.79. The summed E-state index contributed by atoms with van der Waals surface area (Å²) in [5, 5.41) is 4.21. The predicted molar refractivity (Wildman–Crippen MR) is 128 cm³/mol. The number of aromatic amines is 1. The number of carbonyl (C=O) groups excluding carboxylic acids is 1. The van der Waals surface area contributed by atoms with Crippen molar-refractivity contribution in [3.8, 4) is 29.6 Å². The number of methoxy groups -OCH3 is 2. The monoisotopic (exact) mass is 447 g/mol. The van der Waals surface area contributed by atoms with Crippen LogP contribution in [0.3, 0.4) is 0 Å². The molecule has 0 bridgehead atoms. The van der Waals surface area contributed by atoms with Crippen LogP contribution in [0.2, 0.25) is 0 Å². The molecule has 33 heavy (non-hydrogen) atoms. The van der Waals surface area contributed by atoms with Gasteiger partial charge in [-0.3, -0.25) is 0 Å². The van der Waals surface area contributed by atoms with E-state index in [1.807, 2.05) is 35.2 Å². The number of H-pyrrole nitrogens is 1. The van der Waals surface area contributed by atoms with E-state index in [1.54, 1.807) is 14.2 Å². The number of hydrogen-bond acceptors (Lipinski definition) is 4. The summed E-state index contributed by atoms with van der Waals surface area (Å²) in [6, 6.07) is 11.6. The fourth-order valence-corrected chi connectivity index (χ4v) is 4.33. The number of urea groups is 1. The van der Waals surface area contributed by atoms with Crippen molar-refractivity contribution in [3.05, 3.63) is 53.7 Å². The standard InChI is InChI=1S/C26H29N3O4/c1-4-13-33-25-14-18(5-8-24(25)32-3)16-28-26(30)29-11-9-19(10-12-29)22-17-27-23-7-6-20(31-2)15-21(22)23/h1,5-8,14-15,17,19,27H,9-13,16H2,2-3H3,(H,28,30). The van der Waals surface area contributed by atoms with Gasteiger partial charge in [0, 0.05) is 36.7 Å². The zero-order valence-electron chi connectivity index (χ0n) is 19.0. The zero-order chi connectivity index (χ0) is 23.2. The van der Waals surface area contributed by atoms with Crippen molar-refractivity contribution in [1.82, 2.24) is 15.2 Å². The zero-order valence-corrected chi connectivity index (χ0v) is 19.0. The van der Waals surface area contributed by atoms with Gasteiger partial charge < -0.3 is 29.4 Å². The smallest absolute Gasteiger partial charge is 0.317 e. The molecule has 0 unspecified atom stereocenters. The minimum absolute atomic E-state index is 0.0593. The molecule has 3 aromatic rings. The van der Waals surface area contributed by atoms with E-state index >= 15 is 0 Å². The third-order valence-corrected chi connectivity index (χ3v) is 6.13. The van der Waals surface area contributed by atoms with Crippen molar-refractivity contribution in [2.75, 3.05) is 33.9 Å². The van der Waals surface area contributed by atoms with Crippen LogP contribution in [0.4, 0.5) is 4.79 Å². The molecule has 172 valence electrons. The van der Waals surface area contributed by atoms with Crippen LogP contribution in [-0.2, 0) is 6.54 Å². The first kappa shape index (κ1) is 22.4. The van der Waals surface area contributed by atoms with E-state index in [4.69, 9.17) is 20.6 Å².